The molecule has 0 fully saturated rings. The highest BCUT2D eigenvalue weighted by Crippen LogP contribution is 2.25. The maximum Gasteiger partial charge on any atom is 0.403 e. The Morgan fingerprint density at radius 3 is 2.12 bits per heavy atom. The Morgan fingerprint density at radius 2 is 1.81 bits per heavy atom. The number of ether oxygens (including phenoxy) is 1. The molecule has 0 aromatic carbocycles. The zero-order valence-electron chi connectivity index (χ0n) is 10.5. The van der Waals surface area contributed by atoms with E-state index in [2.05, 4.69) is 4.18 Å². The highest BCUT2D eigenvalue weighted by molar-refractivity contribution is 7.81. The van der Waals surface area contributed by atoms with Crippen LogP contribution in [0.25, 0.3) is 0 Å². The SMILES string of the molecule is CCCC(OC)(OS(=O)(=O)OC)N(C)CC. The van der Waals surface area contributed by atoms with Crippen LogP contribution in [-0.2, 0) is 23.5 Å². The summed E-state index contributed by atoms with van der Waals surface area (Å²) >= 11 is 0. The third-order valence-electron chi connectivity index (χ3n) is 2.38. The average molecular weight is 255 g/mol. The molecule has 0 aromatic rings. The number of rotatable bonds is 8. The molecule has 0 heterocycles. The molecule has 0 bridgehead atoms. The smallest absolute Gasteiger partial charge is 0.340 e. The topological polar surface area (TPSA) is 65.1 Å². The summed E-state index contributed by atoms with van der Waals surface area (Å²) in [6.07, 6.45) is 1.15. The molecule has 0 saturated carbocycles. The van der Waals surface area contributed by atoms with Gasteiger partial charge in [-0.2, -0.15) is 12.6 Å². The van der Waals surface area contributed by atoms with Crippen molar-refractivity contribution in [3.63, 3.8) is 0 Å². The normalized spacial score (nSPS) is 16.4. The summed E-state index contributed by atoms with van der Waals surface area (Å²) in [5.74, 6) is -1.29. The average Bonchev–Trinajstić information content (AvgIpc) is 2.27. The van der Waals surface area contributed by atoms with Crippen LogP contribution in [0.3, 0.4) is 0 Å². The molecule has 0 N–H and O–H groups in total. The summed E-state index contributed by atoms with van der Waals surface area (Å²) in [6, 6.07) is 0. The molecular weight excluding hydrogens is 234 g/mol. The molecule has 16 heavy (non-hydrogen) atoms. The number of methoxy groups -OCH3 is 1. The van der Waals surface area contributed by atoms with Gasteiger partial charge in [-0.25, -0.2) is 0 Å². The second-order valence-electron chi connectivity index (χ2n) is 3.34. The molecule has 0 aromatic heterocycles. The minimum atomic E-state index is -4.03. The predicted molar refractivity (Wildman–Crippen MR) is 60.0 cm³/mol. The van der Waals surface area contributed by atoms with Gasteiger partial charge in [0.1, 0.15) is 0 Å². The van der Waals surface area contributed by atoms with Gasteiger partial charge in [0, 0.05) is 13.5 Å². The third-order valence-corrected chi connectivity index (χ3v) is 3.25. The van der Waals surface area contributed by atoms with E-state index >= 15 is 0 Å². The van der Waals surface area contributed by atoms with E-state index in [0.29, 0.717) is 13.0 Å². The molecule has 6 nitrogen and oxygen atoms in total. The number of nitrogens with zero attached hydrogens (tertiary/aromatic N) is 1. The lowest BCUT2D eigenvalue weighted by molar-refractivity contribution is -0.258. The Bertz CT molecular complexity index is 292. The van der Waals surface area contributed by atoms with Crippen molar-refractivity contribution in [3.05, 3.63) is 0 Å². The van der Waals surface area contributed by atoms with Crippen LogP contribution >= 0.6 is 0 Å². The van der Waals surface area contributed by atoms with E-state index in [4.69, 9.17) is 8.92 Å². The van der Waals surface area contributed by atoms with Crippen molar-refractivity contribution < 1.29 is 21.5 Å². The lowest BCUT2D eigenvalue weighted by Gasteiger charge is -2.37. The summed E-state index contributed by atoms with van der Waals surface area (Å²) in [5.41, 5.74) is 0. The molecule has 0 radical (unpaired) electrons. The molecule has 0 spiro atoms. The fraction of sp³-hybridized carbons (Fsp3) is 1.00. The Kier molecular flexibility index (Phi) is 6.42. The van der Waals surface area contributed by atoms with Gasteiger partial charge in [-0.05, 0) is 20.0 Å². The molecule has 7 heteroatoms. The van der Waals surface area contributed by atoms with Crippen LogP contribution in [0.1, 0.15) is 26.7 Å². The van der Waals surface area contributed by atoms with Gasteiger partial charge in [-0.15, -0.1) is 0 Å². The van der Waals surface area contributed by atoms with Crippen molar-refractivity contribution in [3.8, 4) is 0 Å². The van der Waals surface area contributed by atoms with Gasteiger partial charge < -0.3 is 4.74 Å². The van der Waals surface area contributed by atoms with Gasteiger partial charge >= 0.3 is 10.4 Å². The van der Waals surface area contributed by atoms with Crippen LogP contribution in [0, 0.1) is 0 Å². The minimum absolute atomic E-state index is 0.427. The van der Waals surface area contributed by atoms with E-state index in [1.165, 1.54) is 7.11 Å². The monoisotopic (exact) mass is 255 g/mol. The van der Waals surface area contributed by atoms with Crippen LogP contribution < -0.4 is 0 Å². The Balaban J connectivity index is 5.05. The summed E-state index contributed by atoms with van der Waals surface area (Å²) in [5, 5.41) is 0. The molecule has 98 valence electrons. The number of hydrogen-bond donors (Lipinski definition) is 0. The lowest BCUT2D eigenvalue weighted by atomic mass is 10.2. The first-order valence-corrected chi connectivity index (χ1v) is 6.48. The highest BCUT2D eigenvalue weighted by Gasteiger charge is 2.39. The molecule has 0 aliphatic carbocycles. The first-order chi connectivity index (χ1) is 7.37. The van der Waals surface area contributed by atoms with Crippen LogP contribution in [-0.4, -0.2) is 47.0 Å². The fourth-order valence-electron chi connectivity index (χ4n) is 1.34. The van der Waals surface area contributed by atoms with E-state index in [-0.39, 0.29) is 0 Å². The zero-order chi connectivity index (χ0) is 12.8. The first kappa shape index (κ1) is 15.8. The minimum Gasteiger partial charge on any atom is -0.340 e. The molecule has 1 atom stereocenters. The quantitative estimate of drug-likeness (QED) is 0.602. The van der Waals surface area contributed by atoms with Crippen molar-refractivity contribution >= 4 is 10.4 Å². The van der Waals surface area contributed by atoms with Crippen molar-refractivity contribution in [1.82, 2.24) is 4.90 Å². The zero-order valence-corrected chi connectivity index (χ0v) is 11.3. The summed E-state index contributed by atoms with van der Waals surface area (Å²) < 4.78 is 37.1. The van der Waals surface area contributed by atoms with E-state index in [0.717, 1.165) is 13.5 Å². The van der Waals surface area contributed by atoms with Crippen LogP contribution in [0.2, 0.25) is 0 Å². The molecule has 0 aliphatic rings. The highest BCUT2D eigenvalue weighted by atomic mass is 32.3. The summed E-state index contributed by atoms with van der Waals surface area (Å²) in [6.45, 7) is 4.39. The summed E-state index contributed by atoms with van der Waals surface area (Å²) in [7, 11) is 0.152. The standard InChI is InChI=1S/C9H21NO5S/c1-6-8-9(13-4,10(3)7-2)15-16(11,12)14-5/h6-8H2,1-5H3. The van der Waals surface area contributed by atoms with E-state index in [1.807, 2.05) is 13.8 Å². The third kappa shape index (κ3) is 3.99. The van der Waals surface area contributed by atoms with Gasteiger partial charge in [0.25, 0.3) is 0 Å². The van der Waals surface area contributed by atoms with Crippen molar-refractivity contribution in [2.75, 3.05) is 27.8 Å². The van der Waals surface area contributed by atoms with Crippen LogP contribution in [0.15, 0.2) is 0 Å². The molecule has 0 aliphatic heterocycles. The van der Waals surface area contributed by atoms with E-state index in [1.54, 1.807) is 11.9 Å². The van der Waals surface area contributed by atoms with Gasteiger partial charge in [0.15, 0.2) is 0 Å². The second kappa shape index (κ2) is 6.51. The largest absolute Gasteiger partial charge is 0.403 e. The van der Waals surface area contributed by atoms with Crippen molar-refractivity contribution in [1.29, 1.82) is 0 Å². The first-order valence-electron chi connectivity index (χ1n) is 5.15. The van der Waals surface area contributed by atoms with Gasteiger partial charge in [-0.1, -0.05) is 13.8 Å². The van der Waals surface area contributed by atoms with Crippen LogP contribution in [0.5, 0.6) is 0 Å². The molecule has 1 unspecified atom stereocenters. The fourth-order valence-corrected chi connectivity index (χ4v) is 2.00. The van der Waals surface area contributed by atoms with Gasteiger partial charge in [0.05, 0.1) is 7.11 Å². The summed E-state index contributed by atoms with van der Waals surface area (Å²) in [4.78, 5) is 1.67. The van der Waals surface area contributed by atoms with Crippen molar-refractivity contribution in [2.24, 2.45) is 0 Å². The molecular formula is C9H21NO5S. The van der Waals surface area contributed by atoms with Crippen LogP contribution in [0.4, 0.5) is 0 Å². The van der Waals surface area contributed by atoms with E-state index in [9.17, 15) is 8.42 Å². The predicted octanol–water partition coefficient (Wildman–Crippen LogP) is 0.946. The second-order valence-corrected chi connectivity index (χ2v) is 4.66. The van der Waals surface area contributed by atoms with E-state index < -0.39 is 16.3 Å². The maximum atomic E-state index is 11.3. The van der Waals surface area contributed by atoms with Gasteiger partial charge in [-0.3, -0.25) is 9.08 Å². The Morgan fingerprint density at radius 1 is 1.25 bits per heavy atom. The lowest BCUT2D eigenvalue weighted by Crippen LogP contribution is -2.51. The Labute approximate surface area is 97.8 Å². The molecule has 0 rings (SSSR count). The Hall–Kier alpha value is -0.210. The molecule has 0 saturated heterocycles. The maximum absolute atomic E-state index is 11.3. The van der Waals surface area contributed by atoms with Gasteiger partial charge in [0.2, 0.25) is 5.91 Å². The number of hydrogen-bond acceptors (Lipinski definition) is 6. The van der Waals surface area contributed by atoms with Crippen molar-refractivity contribution in [2.45, 2.75) is 32.6 Å². The molecule has 0 amide bonds.